The number of amides is 1. The highest BCUT2D eigenvalue weighted by Crippen LogP contribution is 2.51. The van der Waals surface area contributed by atoms with Crippen LogP contribution in [0.25, 0.3) is 0 Å². The molecule has 3 fully saturated rings. The summed E-state index contributed by atoms with van der Waals surface area (Å²) >= 11 is 0. The van der Waals surface area contributed by atoms with Gasteiger partial charge in [0.2, 0.25) is 0 Å². The van der Waals surface area contributed by atoms with Crippen LogP contribution in [-0.2, 0) is 11.2 Å². The predicted octanol–water partition coefficient (Wildman–Crippen LogP) is 5.41. The van der Waals surface area contributed by atoms with Crippen LogP contribution in [0.4, 0.5) is 4.79 Å². The Bertz CT molecular complexity index is 710. The monoisotopic (exact) mass is 412 g/mol. The van der Waals surface area contributed by atoms with Crippen molar-refractivity contribution in [3.63, 3.8) is 0 Å². The molecule has 1 saturated heterocycles. The summed E-state index contributed by atoms with van der Waals surface area (Å²) in [5, 5.41) is 3.97. The zero-order valence-electron chi connectivity index (χ0n) is 19.3. The zero-order chi connectivity index (χ0) is 21.4. The minimum absolute atomic E-state index is 0.142. The minimum Gasteiger partial charge on any atom is -0.444 e. The van der Waals surface area contributed by atoms with Crippen LogP contribution < -0.4 is 5.32 Å². The van der Waals surface area contributed by atoms with E-state index in [0.717, 1.165) is 43.8 Å². The molecule has 4 heteroatoms. The molecule has 1 heterocycles. The van der Waals surface area contributed by atoms with Crippen LogP contribution in [0.5, 0.6) is 0 Å². The van der Waals surface area contributed by atoms with Crippen molar-refractivity contribution in [1.82, 2.24) is 10.2 Å². The summed E-state index contributed by atoms with van der Waals surface area (Å²) in [5.41, 5.74) is 1.54. The first-order valence-electron chi connectivity index (χ1n) is 12.0. The van der Waals surface area contributed by atoms with Crippen molar-refractivity contribution < 1.29 is 9.53 Å². The second-order valence-corrected chi connectivity index (χ2v) is 11.1. The summed E-state index contributed by atoms with van der Waals surface area (Å²) in [4.78, 5) is 14.2. The number of piperidine rings is 1. The second-order valence-electron chi connectivity index (χ2n) is 11.1. The van der Waals surface area contributed by atoms with Crippen LogP contribution in [-0.4, -0.2) is 41.8 Å². The van der Waals surface area contributed by atoms with Gasteiger partial charge in [-0.1, -0.05) is 43.7 Å². The molecule has 0 bridgehead atoms. The average Bonchev–Trinajstić information content (AvgIpc) is 3.44. The van der Waals surface area contributed by atoms with Gasteiger partial charge in [-0.15, -0.1) is 0 Å². The molecule has 1 aromatic carbocycles. The molecular weight excluding hydrogens is 372 g/mol. The van der Waals surface area contributed by atoms with Crippen LogP contribution in [0.1, 0.15) is 71.8 Å². The molecule has 166 valence electrons. The van der Waals surface area contributed by atoms with Gasteiger partial charge in [-0.25, -0.2) is 4.79 Å². The lowest BCUT2D eigenvalue weighted by molar-refractivity contribution is -0.0167. The lowest BCUT2D eigenvalue weighted by atomic mass is 9.60. The number of carbonyl (C=O) groups excluding carboxylic acids is 1. The standard InChI is InChI=1S/C26H40N2O2/c1-5-20(15-19-9-7-6-8-10-19)22-16-23(22)27-21-17-26(18-21)11-13-28(14-12-26)24(29)30-25(2,3)4/h6-10,20-23,27H,5,11-18H2,1-4H3/t20?,22-,23+/m0/s1. The third-order valence-electron chi connectivity index (χ3n) is 7.59. The Morgan fingerprint density at radius 1 is 1.20 bits per heavy atom. The molecule has 0 radical (unpaired) electrons. The van der Waals surface area contributed by atoms with E-state index in [9.17, 15) is 4.79 Å². The molecule has 2 saturated carbocycles. The van der Waals surface area contributed by atoms with E-state index in [4.69, 9.17) is 4.74 Å². The molecule has 30 heavy (non-hydrogen) atoms. The lowest BCUT2D eigenvalue weighted by Gasteiger charge is -2.52. The number of nitrogens with zero attached hydrogens (tertiary/aromatic N) is 1. The molecule has 4 rings (SSSR count). The topological polar surface area (TPSA) is 41.6 Å². The summed E-state index contributed by atoms with van der Waals surface area (Å²) in [6, 6.07) is 12.4. The highest BCUT2D eigenvalue weighted by atomic mass is 16.6. The van der Waals surface area contributed by atoms with E-state index in [1.54, 1.807) is 0 Å². The minimum atomic E-state index is -0.407. The number of likely N-dealkylation sites (tertiary alicyclic amines) is 1. The number of ether oxygens (including phenoxy) is 1. The fraction of sp³-hybridized carbons (Fsp3) is 0.731. The summed E-state index contributed by atoms with van der Waals surface area (Å²) in [7, 11) is 0. The van der Waals surface area contributed by atoms with E-state index in [2.05, 4.69) is 42.6 Å². The first kappa shape index (κ1) is 21.7. The number of rotatable bonds is 6. The number of benzene rings is 1. The van der Waals surface area contributed by atoms with Gasteiger partial charge < -0.3 is 15.0 Å². The van der Waals surface area contributed by atoms with Crippen molar-refractivity contribution in [2.75, 3.05) is 13.1 Å². The van der Waals surface area contributed by atoms with Crippen LogP contribution in [0, 0.1) is 17.3 Å². The summed E-state index contributed by atoms with van der Waals surface area (Å²) < 4.78 is 5.54. The number of nitrogens with one attached hydrogen (secondary N) is 1. The maximum atomic E-state index is 12.3. The SMILES string of the molecule is CCC(Cc1ccccc1)[C@@H]1C[C@H]1NC1CC2(CCN(C(=O)OC(C)(C)C)CC2)C1. The molecule has 3 atom stereocenters. The second kappa shape index (κ2) is 8.53. The van der Waals surface area contributed by atoms with Gasteiger partial charge in [0.25, 0.3) is 0 Å². The molecule has 1 unspecified atom stereocenters. The normalized spacial score (nSPS) is 26.9. The highest BCUT2D eigenvalue weighted by molar-refractivity contribution is 5.68. The Balaban J connectivity index is 1.18. The molecule has 2 aliphatic carbocycles. The van der Waals surface area contributed by atoms with Crippen molar-refractivity contribution >= 4 is 6.09 Å². The Morgan fingerprint density at radius 3 is 2.47 bits per heavy atom. The van der Waals surface area contributed by atoms with Gasteiger partial charge in [0, 0.05) is 25.2 Å². The molecule has 4 nitrogen and oxygen atoms in total. The van der Waals surface area contributed by atoms with E-state index < -0.39 is 5.60 Å². The van der Waals surface area contributed by atoms with Gasteiger partial charge >= 0.3 is 6.09 Å². The van der Waals surface area contributed by atoms with Gasteiger partial charge in [-0.2, -0.15) is 0 Å². The van der Waals surface area contributed by atoms with Gasteiger partial charge in [-0.05, 0) is 82.1 Å². The van der Waals surface area contributed by atoms with Crippen molar-refractivity contribution in [3.8, 4) is 0 Å². The van der Waals surface area contributed by atoms with Gasteiger partial charge in [0.05, 0.1) is 0 Å². The molecule has 3 aliphatic rings. The molecule has 1 aliphatic heterocycles. The maximum Gasteiger partial charge on any atom is 0.410 e. The van der Waals surface area contributed by atoms with E-state index >= 15 is 0 Å². The predicted molar refractivity (Wildman–Crippen MR) is 121 cm³/mol. The van der Waals surface area contributed by atoms with Gasteiger partial charge in [0.1, 0.15) is 5.60 Å². The fourth-order valence-corrected chi connectivity index (χ4v) is 5.75. The first-order chi connectivity index (χ1) is 14.3. The Morgan fingerprint density at radius 2 is 1.87 bits per heavy atom. The number of hydrogen-bond donors (Lipinski definition) is 1. The Hall–Kier alpha value is -1.55. The Kier molecular flexibility index (Phi) is 6.16. The maximum absolute atomic E-state index is 12.3. The summed E-state index contributed by atoms with van der Waals surface area (Å²) in [6.45, 7) is 9.86. The third kappa shape index (κ3) is 5.19. The van der Waals surface area contributed by atoms with E-state index in [0.29, 0.717) is 11.5 Å². The summed E-state index contributed by atoms with van der Waals surface area (Å²) in [6.07, 6.45) is 8.52. The zero-order valence-corrected chi connectivity index (χ0v) is 19.3. The van der Waals surface area contributed by atoms with Crippen LogP contribution in [0.15, 0.2) is 30.3 Å². The van der Waals surface area contributed by atoms with Crippen molar-refractivity contribution in [3.05, 3.63) is 35.9 Å². The molecule has 1 aromatic rings. The van der Waals surface area contributed by atoms with Crippen LogP contribution in [0.3, 0.4) is 0 Å². The van der Waals surface area contributed by atoms with Crippen molar-refractivity contribution in [2.24, 2.45) is 17.3 Å². The number of hydrogen-bond acceptors (Lipinski definition) is 3. The van der Waals surface area contributed by atoms with E-state index in [1.165, 1.54) is 37.7 Å². The van der Waals surface area contributed by atoms with E-state index in [1.807, 2.05) is 25.7 Å². The van der Waals surface area contributed by atoms with Crippen LogP contribution in [0.2, 0.25) is 0 Å². The molecule has 1 amide bonds. The first-order valence-corrected chi connectivity index (χ1v) is 12.0. The van der Waals surface area contributed by atoms with Crippen LogP contribution >= 0.6 is 0 Å². The highest BCUT2D eigenvalue weighted by Gasteiger charge is 2.50. The largest absolute Gasteiger partial charge is 0.444 e. The average molecular weight is 413 g/mol. The molecule has 1 spiro atoms. The molecular formula is C26H40N2O2. The third-order valence-corrected chi connectivity index (χ3v) is 7.59. The molecule has 0 aromatic heterocycles. The summed E-state index contributed by atoms with van der Waals surface area (Å²) in [5.74, 6) is 1.65. The number of carbonyl (C=O) groups is 1. The van der Waals surface area contributed by atoms with Gasteiger partial charge in [-0.3, -0.25) is 0 Å². The van der Waals surface area contributed by atoms with Crippen molar-refractivity contribution in [2.45, 2.75) is 90.3 Å². The fourth-order valence-electron chi connectivity index (χ4n) is 5.75. The molecule has 1 N–H and O–H groups in total. The quantitative estimate of drug-likeness (QED) is 0.679. The van der Waals surface area contributed by atoms with E-state index in [-0.39, 0.29) is 6.09 Å². The lowest BCUT2D eigenvalue weighted by Crippen LogP contribution is -2.55. The Labute approximate surface area is 182 Å². The van der Waals surface area contributed by atoms with Crippen molar-refractivity contribution in [1.29, 1.82) is 0 Å². The smallest absolute Gasteiger partial charge is 0.410 e. The van der Waals surface area contributed by atoms with Gasteiger partial charge in [0.15, 0.2) is 0 Å².